The Labute approximate surface area is 155 Å². The summed E-state index contributed by atoms with van der Waals surface area (Å²) in [6, 6.07) is 2.52. The fourth-order valence-corrected chi connectivity index (χ4v) is 3.91. The van der Waals surface area contributed by atoms with Crippen LogP contribution in [0.2, 0.25) is 0 Å². The normalized spacial score (nSPS) is 19.2. The van der Waals surface area contributed by atoms with E-state index in [4.69, 9.17) is 5.10 Å². The predicted molar refractivity (Wildman–Crippen MR) is 102 cm³/mol. The van der Waals surface area contributed by atoms with Gasteiger partial charge in [0.1, 0.15) is 5.52 Å². The van der Waals surface area contributed by atoms with Crippen LogP contribution in [-0.4, -0.2) is 51.6 Å². The first-order chi connectivity index (χ1) is 12.3. The Morgan fingerprint density at radius 2 is 1.88 bits per heavy atom. The molecule has 0 spiro atoms. The zero-order valence-corrected chi connectivity index (χ0v) is 16.3. The Morgan fingerprint density at radius 3 is 2.50 bits per heavy atom. The minimum absolute atomic E-state index is 0.223. The van der Waals surface area contributed by atoms with Crippen LogP contribution in [0.5, 0.6) is 0 Å². The molecule has 2 aromatic rings. The number of carbonyl (C=O) groups is 1. The van der Waals surface area contributed by atoms with Gasteiger partial charge < -0.3 is 9.80 Å². The highest BCUT2D eigenvalue weighted by Crippen LogP contribution is 2.40. The van der Waals surface area contributed by atoms with E-state index in [2.05, 4.69) is 16.0 Å². The molecule has 1 saturated carbocycles. The molecule has 0 N–H and O–H groups in total. The first-order valence-electron chi connectivity index (χ1n) is 9.71. The number of hydrogen-bond acceptors (Lipinski definition) is 4. The highest BCUT2D eigenvalue weighted by Gasteiger charge is 2.32. The summed E-state index contributed by atoms with van der Waals surface area (Å²) in [5, 5.41) is 4.72. The molecule has 4 rings (SSSR count). The molecule has 1 aliphatic carbocycles. The quantitative estimate of drug-likeness (QED) is 0.849. The summed E-state index contributed by atoms with van der Waals surface area (Å²) in [7, 11) is 1.95. The van der Waals surface area contributed by atoms with Crippen molar-refractivity contribution in [2.75, 3.05) is 25.0 Å². The van der Waals surface area contributed by atoms with Crippen LogP contribution < -0.4 is 4.90 Å². The van der Waals surface area contributed by atoms with E-state index in [9.17, 15) is 4.79 Å². The highest BCUT2D eigenvalue weighted by molar-refractivity contribution is 5.81. The van der Waals surface area contributed by atoms with Crippen LogP contribution in [-0.2, 0) is 4.79 Å². The third-order valence-electron chi connectivity index (χ3n) is 5.66. The van der Waals surface area contributed by atoms with Gasteiger partial charge >= 0.3 is 0 Å². The highest BCUT2D eigenvalue weighted by atomic mass is 16.2. The van der Waals surface area contributed by atoms with E-state index in [-0.39, 0.29) is 11.3 Å². The van der Waals surface area contributed by atoms with Crippen LogP contribution in [0.4, 0.5) is 5.82 Å². The van der Waals surface area contributed by atoms with Crippen LogP contribution >= 0.6 is 0 Å². The van der Waals surface area contributed by atoms with Gasteiger partial charge in [0.25, 0.3) is 0 Å². The molecule has 1 aliphatic heterocycles. The molecule has 1 amide bonds. The second-order valence-corrected chi connectivity index (χ2v) is 8.81. The van der Waals surface area contributed by atoms with E-state index in [0.717, 1.165) is 37.3 Å². The number of piperidine rings is 1. The summed E-state index contributed by atoms with van der Waals surface area (Å²) in [4.78, 5) is 21.5. The molecule has 0 radical (unpaired) electrons. The molecule has 6 nitrogen and oxygen atoms in total. The lowest BCUT2D eigenvalue weighted by atomic mass is 9.92. The Morgan fingerprint density at radius 1 is 1.19 bits per heavy atom. The summed E-state index contributed by atoms with van der Waals surface area (Å²) >= 11 is 0. The predicted octanol–water partition coefficient (Wildman–Crippen LogP) is 3.08. The van der Waals surface area contributed by atoms with Gasteiger partial charge in [-0.3, -0.25) is 4.79 Å². The zero-order valence-electron chi connectivity index (χ0n) is 16.3. The van der Waals surface area contributed by atoms with Crippen LogP contribution in [0.1, 0.15) is 58.1 Å². The van der Waals surface area contributed by atoms with Crippen molar-refractivity contribution >= 4 is 17.2 Å². The zero-order chi connectivity index (χ0) is 18.5. The largest absolute Gasteiger partial charge is 0.355 e. The Kier molecular flexibility index (Phi) is 4.16. The monoisotopic (exact) mass is 355 g/mol. The summed E-state index contributed by atoms with van der Waals surface area (Å²) in [6.45, 7) is 7.81. The number of anilines is 1. The molecule has 0 unspecified atom stereocenters. The molecule has 3 heterocycles. The van der Waals surface area contributed by atoms with Crippen molar-refractivity contribution < 1.29 is 4.79 Å². The van der Waals surface area contributed by atoms with Crippen molar-refractivity contribution in [1.29, 1.82) is 0 Å². The molecule has 0 aromatic carbocycles. The van der Waals surface area contributed by atoms with E-state index < -0.39 is 0 Å². The number of amides is 1. The first-order valence-corrected chi connectivity index (χ1v) is 9.71. The van der Waals surface area contributed by atoms with Crippen molar-refractivity contribution in [2.24, 2.45) is 5.41 Å². The summed E-state index contributed by atoms with van der Waals surface area (Å²) in [5.74, 6) is 1.89. The van der Waals surface area contributed by atoms with Crippen LogP contribution in [0.15, 0.2) is 18.5 Å². The summed E-state index contributed by atoms with van der Waals surface area (Å²) < 4.78 is 1.97. The molecular weight excluding hydrogens is 326 g/mol. The van der Waals surface area contributed by atoms with E-state index >= 15 is 0 Å². The van der Waals surface area contributed by atoms with E-state index in [1.807, 2.05) is 49.6 Å². The van der Waals surface area contributed by atoms with Gasteiger partial charge in [0.05, 0.1) is 5.69 Å². The maximum Gasteiger partial charge on any atom is 0.227 e. The molecule has 2 fully saturated rings. The van der Waals surface area contributed by atoms with Crippen LogP contribution in [0, 0.1) is 5.41 Å². The molecule has 6 heteroatoms. The molecule has 2 aliphatic rings. The number of rotatable bonds is 3. The Hall–Kier alpha value is -2.11. The molecule has 26 heavy (non-hydrogen) atoms. The number of fused-ring (bicyclic) bond motifs is 1. The molecule has 0 bridgehead atoms. The van der Waals surface area contributed by atoms with Crippen molar-refractivity contribution in [3.8, 4) is 0 Å². The van der Waals surface area contributed by atoms with E-state index in [0.29, 0.717) is 12.0 Å². The average molecular weight is 355 g/mol. The van der Waals surface area contributed by atoms with Gasteiger partial charge in [-0.2, -0.15) is 5.10 Å². The number of carbonyl (C=O) groups excluding carboxylic acids is 1. The van der Waals surface area contributed by atoms with Crippen molar-refractivity contribution in [3.05, 3.63) is 24.2 Å². The molecule has 0 atom stereocenters. The third-order valence-corrected chi connectivity index (χ3v) is 5.66. The number of nitrogens with zero attached hydrogens (tertiary/aromatic N) is 5. The summed E-state index contributed by atoms with van der Waals surface area (Å²) in [5.41, 5.74) is 1.98. The lowest BCUT2D eigenvalue weighted by Gasteiger charge is -2.39. The third kappa shape index (κ3) is 3.17. The van der Waals surface area contributed by atoms with Gasteiger partial charge in [0.2, 0.25) is 5.91 Å². The smallest absolute Gasteiger partial charge is 0.227 e. The van der Waals surface area contributed by atoms with Gasteiger partial charge in [0, 0.05) is 49.9 Å². The maximum absolute atomic E-state index is 12.6. The molecule has 1 saturated heterocycles. The number of hydrogen-bond donors (Lipinski definition) is 0. The van der Waals surface area contributed by atoms with Gasteiger partial charge in [-0.05, 0) is 31.7 Å². The van der Waals surface area contributed by atoms with Gasteiger partial charge in [-0.25, -0.2) is 9.50 Å². The SMILES string of the molecule is CN(C(=O)C(C)(C)C)C1CCN(c2nccn3nc(C4CC4)cc23)CC1. The van der Waals surface area contributed by atoms with Crippen molar-refractivity contribution in [1.82, 2.24) is 19.5 Å². The Balaban J connectivity index is 1.48. The number of aromatic nitrogens is 3. The fraction of sp³-hybridized carbons (Fsp3) is 0.650. The minimum Gasteiger partial charge on any atom is -0.355 e. The van der Waals surface area contributed by atoms with E-state index in [1.54, 1.807) is 0 Å². The van der Waals surface area contributed by atoms with Crippen LogP contribution in [0.25, 0.3) is 5.52 Å². The molecule has 2 aromatic heterocycles. The van der Waals surface area contributed by atoms with Crippen molar-refractivity contribution in [2.45, 2.75) is 58.4 Å². The summed E-state index contributed by atoms with van der Waals surface area (Å²) in [6.07, 6.45) is 8.24. The van der Waals surface area contributed by atoms with Crippen LogP contribution in [0.3, 0.4) is 0 Å². The van der Waals surface area contributed by atoms with Gasteiger partial charge in [-0.1, -0.05) is 20.8 Å². The maximum atomic E-state index is 12.6. The molecule has 140 valence electrons. The van der Waals surface area contributed by atoms with Crippen molar-refractivity contribution in [3.63, 3.8) is 0 Å². The average Bonchev–Trinajstić information content (AvgIpc) is 3.38. The standard InChI is InChI=1S/C20H29N5O/c1-20(2,3)19(26)23(4)15-7-10-24(11-8-15)18-17-13-16(14-5-6-14)22-25(17)12-9-21-18/h9,12-15H,5-8,10-11H2,1-4H3. The second kappa shape index (κ2) is 6.25. The lowest BCUT2D eigenvalue weighted by Crippen LogP contribution is -2.48. The Bertz CT molecular complexity index is 809. The van der Waals surface area contributed by atoms with E-state index in [1.165, 1.54) is 18.5 Å². The van der Waals surface area contributed by atoms with Gasteiger partial charge in [-0.15, -0.1) is 0 Å². The topological polar surface area (TPSA) is 53.7 Å². The first kappa shape index (κ1) is 17.3. The second-order valence-electron chi connectivity index (χ2n) is 8.81. The fourth-order valence-electron chi connectivity index (χ4n) is 3.91. The lowest BCUT2D eigenvalue weighted by molar-refractivity contribution is -0.140. The van der Waals surface area contributed by atoms with Gasteiger partial charge in [0.15, 0.2) is 5.82 Å². The molecular formula is C20H29N5O. The minimum atomic E-state index is -0.324.